The summed E-state index contributed by atoms with van der Waals surface area (Å²) < 4.78 is 11.9. The number of ketones is 1. The van der Waals surface area contributed by atoms with Crippen LogP contribution in [0.15, 0.2) is 59.0 Å². The molecule has 1 saturated heterocycles. The Bertz CT molecular complexity index is 1010. The normalized spacial score (nSPS) is 18.6. The van der Waals surface area contributed by atoms with Crippen LogP contribution in [0.4, 0.5) is 0 Å². The first-order valence-corrected chi connectivity index (χ1v) is 11.0. The minimum atomic E-state index is 0.153. The highest BCUT2D eigenvalue weighted by molar-refractivity contribution is 5.78. The molecule has 1 aromatic heterocycles. The molecule has 1 fully saturated rings. The Labute approximate surface area is 183 Å². The monoisotopic (exact) mass is 418 g/mol. The zero-order valence-corrected chi connectivity index (χ0v) is 18.3. The Morgan fingerprint density at radius 1 is 1.19 bits per heavy atom. The van der Waals surface area contributed by atoms with Gasteiger partial charge in [-0.2, -0.15) is 0 Å². The van der Waals surface area contributed by atoms with Crippen molar-refractivity contribution in [2.45, 2.75) is 33.1 Å². The molecule has 2 heterocycles. The molecular weight excluding hydrogens is 388 g/mol. The highest BCUT2D eigenvalue weighted by atomic mass is 16.5. The first-order valence-electron chi connectivity index (χ1n) is 11.0. The number of piperidine rings is 1. The summed E-state index contributed by atoms with van der Waals surface area (Å²) in [5, 5.41) is 3.43. The van der Waals surface area contributed by atoms with Gasteiger partial charge in [-0.15, -0.1) is 0 Å². The summed E-state index contributed by atoms with van der Waals surface area (Å²) in [6, 6.07) is 18.1. The number of carbonyl (C=O) groups excluding carboxylic acids is 1. The van der Waals surface area contributed by atoms with Crippen LogP contribution in [0.3, 0.4) is 0 Å². The summed E-state index contributed by atoms with van der Waals surface area (Å²) in [6.07, 6.45) is 2.50. The van der Waals surface area contributed by atoms with E-state index in [0.717, 1.165) is 48.7 Å². The van der Waals surface area contributed by atoms with E-state index in [4.69, 9.17) is 9.15 Å². The second kappa shape index (κ2) is 9.92. The maximum Gasteiger partial charge on any atom is 0.226 e. The van der Waals surface area contributed by atoms with Crippen molar-refractivity contribution < 1.29 is 13.9 Å². The van der Waals surface area contributed by atoms with E-state index >= 15 is 0 Å². The second-order valence-corrected chi connectivity index (χ2v) is 8.31. The minimum absolute atomic E-state index is 0.153. The van der Waals surface area contributed by atoms with E-state index in [1.54, 1.807) is 6.92 Å². The Hall–Kier alpha value is -2.92. The molecule has 31 heavy (non-hydrogen) atoms. The van der Waals surface area contributed by atoms with Crippen molar-refractivity contribution in [3.8, 4) is 17.2 Å². The summed E-state index contributed by atoms with van der Waals surface area (Å²) in [6.45, 7) is 6.02. The number of hydrogen-bond donors (Lipinski definition) is 1. The van der Waals surface area contributed by atoms with E-state index in [1.165, 1.54) is 5.56 Å². The molecule has 5 nitrogen and oxygen atoms in total. The van der Waals surface area contributed by atoms with Crippen LogP contribution in [0, 0.1) is 18.8 Å². The van der Waals surface area contributed by atoms with Crippen molar-refractivity contribution in [1.82, 2.24) is 10.3 Å². The van der Waals surface area contributed by atoms with Gasteiger partial charge < -0.3 is 14.5 Å². The molecule has 4 rings (SSSR count). The number of aryl methyl sites for hydroxylation is 1. The largest absolute Gasteiger partial charge is 0.493 e. The fourth-order valence-corrected chi connectivity index (χ4v) is 4.37. The summed E-state index contributed by atoms with van der Waals surface area (Å²) in [5.74, 6) is 3.13. The topological polar surface area (TPSA) is 64.4 Å². The molecular formula is C26H30N2O3. The van der Waals surface area contributed by atoms with E-state index < -0.39 is 0 Å². The van der Waals surface area contributed by atoms with E-state index in [2.05, 4.69) is 22.4 Å². The van der Waals surface area contributed by atoms with E-state index in [1.807, 2.05) is 49.4 Å². The van der Waals surface area contributed by atoms with Crippen LogP contribution in [0.2, 0.25) is 0 Å². The third-order valence-electron chi connectivity index (χ3n) is 6.05. The Morgan fingerprint density at radius 2 is 2.03 bits per heavy atom. The molecule has 2 aromatic carbocycles. The first-order chi connectivity index (χ1) is 15.1. The quantitative estimate of drug-likeness (QED) is 0.578. The standard InChI is InChI=1S/C26H30N2O3/c1-18(29)24-11-13-27-17-22(24)15-20-7-6-10-23(16-20)30-14-12-25-19(2)31-26(28-25)21-8-4-3-5-9-21/h3-10,16,22,24,27H,11-15,17H2,1-2H3/t22?,24-/m1/s1. The van der Waals surface area contributed by atoms with E-state index in [-0.39, 0.29) is 5.92 Å². The van der Waals surface area contributed by atoms with Gasteiger partial charge in [-0.1, -0.05) is 30.3 Å². The molecule has 3 aromatic rings. The SMILES string of the molecule is CC(=O)[C@H]1CCNCC1Cc1cccc(OCCc2nc(-c3ccccc3)oc2C)c1. The maximum absolute atomic E-state index is 12.0. The molecule has 0 spiro atoms. The third kappa shape index (κ3) is 5.42. The number of aromatic nitrogens is 1. The number of benzene rings is 2. The van der Waals surface area contributed by atoms with Crippen LogP contribution in [0.5, 0.6) is 5.75 Å². The number of ether oxygens (including phenoxy) is 1. The first kappa shape index (κ1) is 21.3. The van der Waals surface area contributed by atoms with Crippen LogP contribution in [0.25, 0.3) is 11.5 Å². The lowest BCUT2D eigenvalue weighted by molar-refractivity contribution is -0.123. The zero-order chi connectivity index (χ0) is 21.6. The van der Waals surface area contributed by atoms with Crippen molar-refractivity contribution in [3.05, 3.63) is 71.6 Å². The summed E-state index contributed by atoms with van der Waals surface area (Å²) in [4.78, 5) is 16.6. The third-order valence-corrected chi connectivity index (χ3v) is 6.05. The van der Waals surface area contributed by atoms with Gasteiger partial charge in [-0.3, -0.25) is 4.79 Å². The highest BCUT2D eigenvalue weighted by Crippen LogP contribution is 2.26. The van der Waals surface area contributed by atoms with Gasteiger partial charge in [0.2, 0.25) is 5.89 Å². The van der Waals surface area contributed by atoms with Gasteiger partial charge in [0.1, 0.15) is 17.3 Å². The summed E-state index contributed by atoms with van der Waals surface area (Å²) in [7, 11) is 0. The summed E-state index contributed by atoms with van der Waals surface area (Å²) >= 11 is 0. The van der Waals surface area contributed by atoms with Crippen molar-refractivity contribution in [3.63, 3.8) is 0 Å². The van der Waals surface area contributed by atoms with Crippen LogP contribution in [-0.4, -0.2) is 30.5 Å². The average molecular weight is 419 g/mol. The van der Waals surface area contributed by atoms with Gasteiger partial charge in [0, 0.05) is 17.9 Å². The Kier molecular flexibility index (Phi) is 6.82. The van der Waals surface area contributed by atoms with Crippen LogP contribution >= 0.6 is 0 Å². The lowest BCUT2D eigenvalue weighted by Crippen LogP contribution is -2.40. The molecule has 1 N–H and O–H groups in total. The maximum atomic E-state index is 12.0. The lowest BCUT2D eigenvalue weighted by atomic mass is 9.80. The minimum Gasteiger partial charge on any atom is -0.493 e. The Balaban J connectivity index is 1.35. The molecule has 1 aliphatic heterocycles. The van der Waals surface area contributed by atoms with Crippen molar-refractivity contribution >= 4 is 5.78 Å². The summed E-state index contributed by atoms with van der Waals surface area (Å²) in [5.41, 5.74) is 3.11. The van der Waals surface area contributed by atoms with E-state index in [0.29, 0.717) is 30.6 Å². The van der Waals surface area contributed by atoms with Gasteiger partial charge >= 0.3 is 0 Å². The highest BCUT2D eigenvalue weighted by Gasteiger charge is 2.28. The fraction of sp³-hybridized carbons (Fsp3) is 0.385. The van der Waals surface area contributed by atoms with Crippen molar-refractivity contribution in [2.24, 2.45) is 11.8 Å². The molecule has 1 unspecified atom stereocenters. The predicted molar refractivity (Wildman–Crippen MR) is 121 cm³/mol. The molecule has 162 valence electrons. The van der Waals surface area contributed by atoms with Crippen LogP contribution in [0.1, 0.15) is 30.4 Å². The van der Waals surface area contributed by atoms with Gasteiger partial charge in [0.25, 0.3) is 0 Å². The molecule has 2 atom stereocenters. The molecule has 1 aliphatic rings. The van der Waals surface area contributed by atoms with Crippen LogP contribution in [-0.2, 0) is 17.6 Å². The average Bonchev–Trinajstić information content (AvgIpc) is 3.15. The predicted octanol–water partition coefficient (Wildman–Crippen LogP) is 4.63. The number of rotatable bonds is 8. The lowest BCUT2D eigenvalue weighted by Gasteiger charge is -2.30. The van der Waals surface area contributed by atoms with Crippen molar-refractivity contribution in [2.75, 3.05) is 19.7 Å². The number of oxazole rings is 1. The molecule has 0 radical (unpaired) electrons. The van der Waals surface area contributed by atoms with Crippen molar-refractivity contribution in [1.29, 1.82) is 0 Å². The van der Waals surface area contributed by atoms with Gasteiger partial charge in [0.05, 0.1) is 12.3 Å². The number of Topliss-reactive ketones (excluding diaryl/α,β-unsaturated/α-hetero) is 1. The molecule has 0 saturated carbocycles. The second-order valence-electron chi connectivity index (χ2n) is 8.31. The smallest absolute Gasteiger partial charge is 0.226 e. The van der Waals surface area contributed by atoms with Gasteiger partial charge in [0.15, 0.2) is 0 Å². The number of carbonyl (C=O) groups is 1. The number of nitrogens with zero attached hydrogens (tertiary/aromatic N) is 1. The van der Waals surface area contributed by atoms with Gasteiger partial charge in [-0.25, -0.2) is 4.98 Å². The molecule has 0 aliphatic carbocycles. The molecule has 0 amide bonds. The van der Waals surface area contributed by atoms with Crippen LogP contribution < -0.4 is 10.1 Å². The Morgan fingerprint density at radius 3 is 2.84 bits per heavy atom. The number of nitrogens with one attached hydrogen (secondary N) is 1. The van der Waals surface area contributed by atoms with Gasteiger partial charge in [-0.05, 0) is 75.5 Å². The number of hydrogen-bond acceptors (Lipinski definition) is 5. The fourth-order valence-electron chi connectivity index (χ4n) is 4.37. The zero-order valence-electron chi connectivity index (χ0n) is 18.3. The van der Waals surface area contributed by atoms with E-state index in [9.17, 15) is 4.79 Å². The molecule has 0 bridgehead atoms. The molecule has 5 heteroatoms.